The Morgan fingerprint density at radius 2 is 2.20 bits per heavy atom. The van der Waals surface area contributed by atoms with E-state index < -0.39 is 0 Å². The number of hydrogen-bond donors (Lipinski definition) is 1. The number of hydrogen-bond acceptors (Lipinski definition) is 1. The van der Waals surface area contributed by atoms with E-state index in [2.05, 4.69) is 21.2 Å². The molecule has 0 spiro atoms. The molecule has 0 aliphatic rings. The maximum atomic E-state index is 5.88. The minimum atomic E-state index is 0.727. The van der Waals surface area contributed by atoms with E-state index >= 15 is 0 Å². The van der Waals surface area contributed by atoms with Gasteiger partial charge < -0.3 is 5.32 Å². The average molecular weight is 220 g/mol. The van der Waals surface area contributed by atoms with Gasteiger partial charge in [-0.3, -0.25) is 0 Å². The maximum Gasteiger partial charge on any atom is 0.0779 e. The van der Waals surface area contributed by atoms with Gasteiger partial charge in [-0.1, -0.05) is 17.7 Å². The second-order valence-corrected chi connectivity index (χ2v) is 3.08. The van der Waals surface area contributed by atoms with E-state index in [0.29, 0.717) is 0 Å². The topological polar surface area (TPSA) is 12.0 Å². The molecule has 10 heavy (non-hydrogen) atoms. The maximum absolute atomic E-state index is 5.88. The minimum absolute atomic E-state index is 0.727. The van der Waals surface area contributed by atoms with Crippen LogP contribution in [0.25, 0.3) is 0 Å². The van der Waals surface area contributed by atoms with Gasteiger partial charge in [0, 0.05) is 11.5 Å². The molecule has 0 aliphatic carbocycles. The molecule has 0 bridgehead atoms. The van der Waals surface area contributed by atoms with Gasteiger partial charge >= 0.3 is 0 Å². The van der Waals surface area contributed by atoms with Crippen molar-refractivity contribution in [2.45, 2.75) is 0 Å². The van der Waals surface area contributed by atoms with Gasteiger partial charge in [-0.2, -0.15) is 0 Å². The molecule has 1 aromatic carbocycles. The highest BCUT2D eigenvalue weighted by Crippen LogP contribution is 2.29. The van der Waals surface area contributed by atoms with Crippen LogP contribution in [0.2, 0.25) is 5.02 Å². The predicted octanol–water partition coefficient (Wildman–Crippen LogP) is 3.14. The van der Waals surface area contributed by atoms with Gasteiger partial charge in [-0.15, -0.1) is 0 Å². The molecule has 1 N–H and O–H groups in total. The zero-order valence-corrected chi connectivity index (χ0v) is 7.83. The summed E-state index contributed by atoms with van der Waals surface area (Å²) in [6.07, 6.45) is 0. The second kappa shape index (κ2) is 3.26. The van der Waals surface area contributed by atoms with Gasteiger partial charge in [0.05, 0.1) is 10.7 Å². The lowest BCUT2D eigenvalue weighted by Crippen LogP contribution is -1.88. The van der Waals surface area contributed by atoms with Gasteiger partial charge in [0.25, 0.3) is 0 Å². The normalized spacial score (nSPS) is 9.50. The number of benzene rings is 1. The Balaban J connectivity index is 3.14. The van der Waals surface area contributed by atoms with Crippen molar-refractivity contribution in [2.24, 2.45) is 0 Å². The summed E-state index contributed by atoms with van der Waals surface area (Å²) < 4.78 is 0.918. The molecular weight excluding hydrogens is 213 g/mol. The quantitative estimate of drug-likeness (QED) is 0.767. The summed E-state index contributed by atoms with van der Waals surface area (Å²) in [4.78, 5) is 0. The monoisotopic (exact) mass is 219 g/mol. The molecule has 0 saturated heterocycles. The Kier molecular flexibility index (Phi) is 2.57. The smallest absolute Gasteiger partial charge is 0.0779 e. The van der Waals surface area contributed by atoms with Gasteiger partial charge in [-0.05, 0) is 28.1 Å². The van der Waals surface area contributed by atoms with Crippen LogP contribution < -0.4 is 5.32 Å². The fourth-order valence-corrected chi connectivity index (χ4v) is 1.28. The van der Waals surface area contributed by atoms with Crippen molar-refractivity contribution < 1.29 is 0 Å². The van der Waals surface area contributed by atoms with Crippen LogP contribution >= 0.6 is 27.5 Å². The van der Waals surface area contributed by atoms with Crippen molar-refractivity contribution in [2.75, 3.05) is 12.4 Å². The summed E-state index contributed by atoms with van der Waals surface area (Å²) in [6, 6.07) is 5.76. The number of nitrogens with one attached hydrogen (secondary N) is 1. The fourth-order valence-electron chi connectivity index (χ4n) is 0.697. The standard InChI is InChI=1S/C7H7BrClN/c1-10-6-4-2-3-5(8)7(6)9/h2-4,10H,1H3. The molecule has 3 heteroatoms. The summed E-state index contributed by atoms with van der Waals surface area (Å²) in [5.74, 6) is 0. The van der Waals surface area contributed by atoms with Crippen molar-refractivity contribution >= 4 is 33.2 Å². The first kappa shape index (κ1) is 7.89. The van der Waals surface area contributed by atoms with E-state index in [1.54, 1.807) is 0 Å². The number of halogens is 2. The van der Waals surface area contributed by atoms with Crippen LogP contribution in [-0.4, -0.2) is 7.05 Å². The highest BCUT2D eigenvalue weighted by molar-refractivity contribution is 9.10. The van der Waals surface area contributed by atoms with Gasteiger partial charge in [0.1, 0.15) is 0 Å². The first-order chi connectivity index (χ1) is 4.75. The Bertz CT molecular complexity index is 237. The predicted molar refractivity (Wildman–Crippen MR) is 48.7 cm³/mol. The van der Waals surface area contributed by atoms with E-state index in [4.69, 9.17) is 11.6 Å². The number of rotatable bonds is 1. The lowest BCUT2D eigenvalue weighted by Gasteiger charge is -2.02. The van der Waals surface area contributed by atoms with Gasteiger partial charge in [0.15, 0.2) is 0 Å². The summed E-state index contributed by atoms with van der Waals surface area (Å²) in [7, 11) is 1.84. The molecule has 0 fully saturated rings. The van der Waals surface area contributed by atoms with Crippen LogP contribution in [0.15, 0.2) is 22.7 Å². The van der Waals surface area contributed by atoms with E-state index in [1.165, 1.54) is 0 Å². The molecule has 0 atom stereocenters. The molecule has 1 rings (SSSR count). The zero-order chi connectivity index (χ0) is 7.56. The Hall–Kier alpha value is -0.210. The average Bonchev–Trinajstić information content (AvgIpc) is 1.95. The molecule has 0 radical (unpaired) electrons. The van der Waals surface area contributed by atoms with Gasteiger partial charge in [0.2, 0.25) is 0 Å². The molecule has 0 saturated carbocycles. The molecular formula is C7H7BrClN. The second-order valence-electron chi connectivity index (χ2n) is 1.85. The molecule has 0 amide bonds. The van der Waals surface area contributed by atoms with Crippen molar-refractivity contribution in [1.82, 2.24) is 0 Å². The van der Waals surface area contributed by atoms with E-state index in [-0.39, 0.29) is 0 Å². The SMILES string of the molecule is CNc1cccc(Br)c1Cl. The third-order valence-electron chi connectivity index (χ3n) is 1.22. The Morgan fingerprint density at radius 3 is 2.70 bits per heavy atom. The van der Waals surface area contributed by atoms with Crippen LogP contribution in [0, 0.1) is 0 Å². The number of anilines is 1. The van der Waals surface area contributed by atoms with Gasteiger partial charge in [-0.25, -0.2) is 0 Å². The van der Waals surface area contributed by atoms with Crippen LogP contribution in [0.4, 0.5) is 5.69 Å². The van der Waals surface area contributed by atoms with Crippen molar-refractivity contribution in [3.05, 3.63) is 27.7 Å². The molecule has 1 aromatic rings. The fraction of sp³-hybridized carbons (Fsp3) is 0.143. The lowest BCUT2D eigenvalue weighted by molar-refractivity contribution is 1.50. The van der Waals surface area contributed by atoms with E-state index in [0.717, 1.165) is 15.2 Å². The molecule has 0 heterocycles. The third-order valence-corrected chi connectivity index (χ3v) is 2.52. The largest absolute Gasteiger partial charge is 0.387 e. The van der Waals surface area contributed by atoms with Crippen LogP contribution in [0.3, 0.4) is 0 Å². The van der Waals surface area contributed by atoms with Crippen LogP contribution in [0.1, 0.15) is 0 Å². The van der Waals surface area contributed by atoms with E-state index in [1.807, 2.05) is 25.2 Å². The molecule has 54 valence electrons. The molecule has 0 unspecified atom stereocenters. The van der Waals surface area contributed by atoms with Crippen LogP contribution in [-0.2, 0) is 0 Å². The first-order valence-electron chi connectivity index (χ1n) is 2.87. The van der Waals surface area contributed by atoms with Crippen LogP contribution in [0.5, 0.6) is 0 Å². The summed E-state index contributed by atoms with van der Waals surface area (Å²) in [6.45, 7) is 0. The Labute approximate surface area is 73.5 Å². The lowest BCUT2D eigenvalue weighted by atomic mass is 10.3. The summed E-state index contributed by atoms with van der Waals surface area (Å²) >= 11 is 9.20. The highest BCUT2D eigenvalue weighted by Gasteiger charge is 1.99. The third kappa shape index (κ3) is 1.44. The zero-order valence-electron chi connectivity index (χ0n) is 5.49. The molecule has 0 aliphatic heterocycles. The summed E-state index contributed by atoms with van der Waals surface area (Å²) in [5, 5.41) is 3.70. The molecule has 1 nitrogen and oxygen atoms in total. The minimum Gasteiger partial charge on any atom is -0.387 e. The summed E-state index contributed by atoms with van der Waals surface area (Å²) in [5.41, 5.74) is 0.941. The molecule has 0 aromatic heterocycles. The van der Waals surface area contributed by atoms with Crippen molar-refractivity contribution in [1.29, 1.82) is 0 Å². The van der Waals surface area contributed by atoms with E-state index in [9.17, 15) is 0 Å². The van der Waals surface area contributed by atoms with Crippen molar-refractivity contribution in [3.8, 4) is 0 Å². The first-order valence-corrected chi connectivity index (χ1v) is 4.04. The Morgan fingerprint density at radius 1 is 1.50 bits per heavy atom. The van der Waals surface area contributed by atoms with Crippen molar-refractivity contribution in [3.63, 3.8) is 0 Å². The highest BCUT2D eigenvalue weighted by atomic mass is 79.9.